The molecule has 0 unspecified atom stereocenters. The monoisotopic (exact) mass is 592 g/mol. The number of carboxylic acid groups (broad SMARTS) is 2. The standard InChI is InChI=1S/C28H40N4O8S/c29-13-6-14-41-17-21(31-28(39)40-16-18-7-2-1-3-8-18)25(34)30-20(26(35)36)11-12-24(33)32-22-10-5-4-9-19(22)15-23(32)27(37)38/h1-3,7-8,19-23H,4-6,9-17,29H2,(H,30,34)(H,31,39)(H,35,36)(H,37,38)/t19-,20+,21-,22-,23-/m0/s1. The van der Waals surface area contributed by atoms with Gasteiger partial charge >= 0.3 is 18.0 Å². The number of nitrogens with zero attached hydrogens (tertiary/aromatic N) is 1. The van der Waals surface area contributed by atoms with Crippen LogP contribution in [-0.2, 0) is 30.5 Å². The van der Waals surface area contributed by atoms with Gasteiger partial charge in [0, 0.05) is 18.2 Å². The molecule has 0 bridgehead atoms. The number of nitrogens with one attached hydrogen (secondary N) is 2. The van der Waals surface area contributed by atoms with E-state index in [0.717, 1.165) is 31.2 Å². The van der Waals surface area contributed by atoms with Crippen LogP contribution in [0.1, 0.15) is 56.9 Å². The molecule has 3 rings (SSSR count). The minimum Gasteiger partial charge on any atom is -0.480 e. The van der Waals surface area contributed by atoms with E-state index in [1.54, 1.807) is 24.3 Å². The first-order valence-corrected chi connectivity index (χ1v) is 15.2. The molecule has 41 heavy (non-hydrogen) atoms. The van der Waals surface area contributed by atoms with Crippen LogP contribution >= 0.6 is 11.8 Å². The Labute approximate surface area is 243 Å². The molecule has 5 atom stereocenters. The van der Waals surface area contributed by atoms with Crippen LogP contribution in [0.25, 0.3) is 0 Å². The zero-order chi connectivity index (χ0) is 29.8. The number of thioether (sulfide) groups is 1. The lowest BCUT2D eigenvalue weighted by molar-refractivity contribution is -0.150. The van der Waals surface area contributed by atoms with Gasteiger partial charge in [0.1, 0.15) is 24.7 Å². The lowest BCUT2D eigenvalue weighted by Gasteiger charge is -2.33. The molecule has 3 amide bonds. The van der Waals surface area contributed by atoms with Gasteiger partial charge in [0.25, 0.3) is 0 Å². The highest BCUT2D eigenvalue weighted by atomic mass is 32.2. The van der Waals surface area contributed by atoms with Crippen molar-refractivity contribution in [3.63, 3.8) is 0 Å². The number of benzene rings is 1. The summed E-state index contributed by atoms with van der Waals surface area (Å²) in [4.78, 5) is 64.0. The summed E-state index contributed by atoms with van der Waals surface area (Å²) in [7, 11) is 0. The smallest absolute Gasteiger partial charge is 0.408 e. The van der Waals surface area contributed by atoms with E-state index in [1.165, 1.54) is 16.7 Å². The van der Waals surface area contributed by atoms with Crippen molar-refractivity contribution in [1.82, 2.24) is 15.5 Å². The molecule has 226 valence electrons. The van der Waals surface area contributed by atoms with Gasteiger partial charge < -0.3 is 36.2 Å². The Bertz CT molecular complexity index is 1060. The van der Waals surface area contributed by atoms with E-state index < -0.39 is 48.0 Å². The molecule has 0 spiro atoms. The van der Waals surface area contributed by atoms with E-state index in [9.17, 15) is 34.2 Å². The van der Waals surface area contributed by atoms with Crippen LogP contribution in [-0.4, -0.2) is 87.2 Å². The molecule has 1 aromatic rings. The lowest BCUT2D eigenvalue weighted by atomic mass is 9.84. The molecule has 1 aliphatic carbocycles. The molecule has 12 nitrogen and oxygen atoms in total. The van der Waals surface area contributed by atoms with Gasteiger partial charge in [-0.2, -0.15) is 11.8 Å². The number of likely N-dealkylation sites (tertiary alicyclic amines) is 1. The number of ether oxygens (including phenoxy) is 1. The van der Waals surface area contributed by atoms with E-state index in [4.69, 9.17) is 10.5 Å². The van der Waals surface area contributed by atoms with E-state index >= 15 is 0 Å². The molecule has 1 saturated heterocycles. The highest BCUT2D eigenvalue weighted by Gasteiger charge is 2.47. The summed E-state index contributed by atoms with van der Waals surface area (Å²) < 4.78 is 5.22. The van der Waals surface area contributed by atoms with Crippen LogP contribution in [0.5, 0.6) is 0 Å². The number of carboxylic acids is 2. The third-order valence-corrected chi connectivity index (χ3v) is 8.67. The zero-order valence-corrected chi connectivity index (χ0v) is 23.9. The number of rotatable bonds is 15. The number of alkyl carbamates (subject to hydrolysis) is 1. The molecule has 1 heterocycles. The first-order chi connectivity index (χ1) is 19.7. The van der Waals surface area contributed by atoms with Crippen LogP contribution in [0.4, 0.5) is 4.79 Å². The minimum atomic E-state index is -1.40. The average Bonchev–Trinajstić information content (AvgIpc) is 3.36. The highest BCUT2D eigenvalue weighted by Crippen LogP contribution is 2.40. The molecule has 6 N–H and O–H groups in total. The largest absolute Gasteiger partial charge is 0.480 e. The SMILES string of the molecule is NCCCSC[C@H](NC(=O)OCc1ccccc1)C(=O)N[C@H](CCC(=O)N1[C@H](C(=O)O)C[C@@H]2CCCC[C@@H]21)C(=O)O. The van der Waals surface area contributed by atoms with Crippen molar-refractivity contribution in [3.05, 3.63) is 35.9 Å². The number of hydrogen-bond donors (Lipinski definition) is 5. The van der Waals surface area contributed by atoms with Gasteiger partial charge in [0.15, 0.2) is 0 Å². The zero-order valence-electron chi connectivity index (χ0n) is 23.0. The molecule has 1 saturated carbocycles. The van der Waals surface area contributed by atoms with Crippen molar-refractivity contribution in [2.75, 3.05) is 18.1 Å². The van der Waals surface area contributed by atoms with Gasteiger partial charge in [0.05, 0.1) is 0 Å². The first kappa shape index (κ1) is 32.2. The predicted octanol–water partition coefficient (Wildman–Crippen LogP) is 1.96. The van der Waals surface area contributed by atoms with E-state index in [2.05, 4.69) is 10.6 Å². The second-order valence-corrected chi connectivity index (χ2v) is 11.6. The first-order valence-electron chi connectivity index (χ1n) is 14.0. The third-order valence-electron chi connectivity index (χ3n) is 7.52. The Morgan fingerprint density at radius 2 is 1.78 bits per heavy atom. The normalized spacial score (nSPS) is 21.3. The van der Waals surface area contributed by atoms with Gasteiger partial charge in [0.2, 0.25) is 11.8 Å². The predicted molar refractivity (Wildman–Crippen MR) is 152 cm³/mol. The molecule has 0 aromatic heterocycles. The molecular formula is C28H40N4O8S. The molecule has 0 radical (unpaired) electrons. The van der Waals surface area contributed by atoms with Gasteiger partial charge in [-0.05, 0) is 55.9 Å². The fourth-order valence-corrected chi connectivity index (χ4v) is 6.45. The topological polar surface area (TPSA) is 188 Å². The Kier molecular flexibility index (Phi) is 12.7. The van der Waals surface area contributed by atoms with Crippen molar-refractivity contribution in [2.24, 2.45) is 11.7 Å². The summed E-state index contributed by atoms with van der Waals surface area (Å²) in [5.74, 6) is -2.61. The molecule has 1 aromatic carbocycles. The summed E-state index contributed by atoms with van der Waals surface area (Å²) in [6.45, 7) is 0.462. The number of hydrogen-bond acceptors (Lipinski definition) is 8. The Hall–Kier alpha value is -3.32. The Balaban J connectivity index is 1.60. The summed E-state index contributed by atoms with van der Waals surface area (Å²) in [6.07, 6.45) is 3.35. The molecule has 13 heteroatoms. The van der Waals surface area contributed by atoms with Gasteiger partial charge in [-0.1, -0.05) is 43.2 Å². The second kappa shape index (κ2) is 16.2. The fourth-order valence-electron chi connectivity index (χ4n) is 5.44. The average molecular weight is 593 g/mol. The van der Waals surface area contributed by atoms with Crippen LogP contribution in [0.3, 0.4) is 0 Å². The number of aliphatic carboxylic acids is 2. The van der Waals surface area contributed by atoms with Crippen LogP contribution < -0.4 is 16.4 Å². The highest BCUT2D eigenvalue weighted by molar-refractivity contribution is 7.99. The Morgan fingerprint density at radius 3 is 2.46 bits per heavy atom. The molecule has 2 fully saturated rings. The van der Waals surface area contributed by atoms with Gasteiger partial charge in [-0.25, -0.2) is 14.4 Å². The molecular weight excluding hydrogens is 552 g/mol. The van der Waals surface area contributed by atoms with E-state index in [0.29, 0.717) is 25.1 Å². The number of fused-ring (bicyclic) bond motifs is 1. The fraction of sp³-hybridized carbons (Fsp3) is 0.607. The second-order valence-electron chi connectivity index (χ2n) is 10.4. The van der Waals surface area contributed by atoms with Crippen LogP contribution in [0.15, 0.2) is 30.3 Å². The van der Waals surface area contributed by atoms with Crippen molar-refractivity contribution < 1.29 is 38.9 Å². The maximum absolute atomic E-state index is 13.2. The number of carbonyl (C=O) groups excluding carboxylic acids is 3. The van der Waals surface area contributed by atoms with E-state index in [1.807, 2.05) is 6.07 Å². The minimum absolute atomic E-state index is 0.00310. The van der Waals surface area contributed by atoms with Crippen molar-refractivity contribution in [1.29, 1.82) is 0 Å². The maximum Gasteiger partial charge on any atom is 0.408 e. The summed E-state index contributed by atoms with van der Waals surface area (Å²) >= 11 is 1.38. The number of nitrogens with two attached hydrogens (primary N) is 1. The maximum atomic E-state index is 13.2. The lowest BCUT2D eigenvalue weighted by Crippen LogP contribution is -2.53. The molecule has 2 aliphatic rings. The number of carbonyl (C=O) groups is 5. The van der Waals surface area contributed by atoms with Crippen LogP contribution in [0.2, 0.25) is 0 Å². The number of amides is 3. The van der Waals surface area contributed by atoms with Gasteiger partial charge in [-0.15, -0.1) is 0 Å². The quantitative estimate of drug-likeness (QED) is 0.188. The summed E-state index contributed by atoms with van der Waals surface area (Å²) in [5.41, 5.74) is 6.30. The Morgan fingerprint density at radius 1 is 1.05 bits per heavy atom. The van der Waals surface area contributed by atoms with Crippen molar-refractivity contribution in [2.45, 2.75) is 82.1 Å². The molecule has 1 aliphatic heterocycles. The van der Waals surface area contributed by atoms with Gasteiger partial charge in [-0.3, -0.25) is 9.59 Å². The van der Waals surface area contributed by atoms with Crippen molar-refractivity contribution in [3.8, 4) is 0 Å². The van der Waals surface area contributed by atoms with Crippen LogP contribution in [0, 0.1) is 5.92 Å². The summed E-state index contributed by atoms with van der Waals surface area (Å²) in [5, 5.41) is 24.4. The van der Waals surface area contributed by atoms with E-state index in [-0.39, 0.29) is 37.2 Å². The third kappa shape index (κ3) is 9.63. The van der Waals surface area contributed by atoms with Crippen molar-refractivity contribution >= 4 is 41.6 Å². The summed E-state index contributed by atoms with van der Waals surface area (Å²) in [6, 6.07) is 5.44.